The number of urea groups is 1. The number of morpholine rings is 1. The highest BCUT2D eigenvalue weighted by Crippen LogP contribution is 2.46. The second-order valence-electron chi connectivity index (χ2n) is 7.67. The highest BCUT2D eigenvalue weighted by molar-refractivity contribution is 7.07. The second kappa shape index (κ2) is 6.33. The first-order valence-corrected chi connectivity index (χ1v) is 10.3. The van der Waals surface area contributed by atoms with Gasteiger partial charge in [0.2, 0.25) is 11.8 Å². The molecule has 0 saturated carbocycles. The van der Waals surface area contributed by atoms with E-state index in [-0.39, 0.29) is 12.5 Å². The number of hydrogen-bond donors (Lipinski definition) is 2. The van der Waals surface area contributed by atoms with Gasteiger partial charge in [-0.05, 0) is 26.0 Å². The van der Waals surface area contributed by atoms with Crippen molar-refractivity contribution in [3.8, 4) is 11.4 Å². The lowest BCUT2D eigenvalue weighted by atomic mass is 9.67. The molecule has 3 aliphatic rings. The zero-order valence-corrected chi connectivity index (χ0v) is 16.7. The molecule has 0 radical (unpaired) electrons. The Labute approximate surface area is 170 Å². The molecule has 29 heavy (non-hydrogen) atoms. The number of rotatable bonds is 1. The molecule has 3 aliphatic heterocycles. The van der Waals surface area contributed by atoms with Crippen molar-refractivity contribution < 1.29 is 19.1 Å². The minimum Gasteiger partial charge on any atom is -0.372 e. The molecule has 0 bridgehead atoms. The fourth-order valence-electron chi connectivity index (χ4n) is 4.77. The molecule has 3 atom stereocenters. The number of nitrogens with zero attached hydrogens (tertiary/aromatic N) is 3. The van der Waals surface area contributed by atoms with Gasteiger partial charge < -0.3 is 9.64 Å². The summed E-state index contributed by atoms with van der Waals surface area (Å²) in [6.07, 6.45) is -0.400. The summed E-state index contributed by atoms with van der Waals surface area (Å²) < 4.78 is 5.99. The summed E-state index contributed by atoms with van der Waals surface area (Å²) in [5.41, 5.74) is 3.15. The van der Waals surface area contributed by atoms with Crippen LogP contribution >= 0.6 is 11.3 Å². The van der Waals surface area contributed by atoms with Crippen LogP contribution in [0.4, 0.5) is 10.5 Å². The molecule has 150 valence electrons. The van der Waals surface area contributed by atoms with E-state index >= 15 is 0 Å². The molecule has 1 spiro atoms. The van der Waals surface area contributed by atoms with Crippen LogP contribution < -0.4 is 15.5 Å². The van der Waals surface area contributed by atoms with Crippen LogP contribution in [0.5, 0.6) is 0 Å². The third-order valence-corrected chi connectivity index (χ3v) is 6.44. The van der Waals surface area contributed by atoms with Gasteiger partial charge in [-0.15, -0.1) is 11.3 Å². The van der Waals surface area contributed by atoms with Gasteiger partial charge in [0.15, 0.2) is 5.41 Å². The van der Waals surface area contributed by atoms with Crippen molar-refractivity contribution in [1.29, 1.82) is 0 Å². The molecule has 2 saturated heterocycles. The molecular weight excluding hydrogens is 394 g/mol. The molecule has 0 unspecified atom stereocenters. The van der Waals surface area contributed by atoms with Gasteiger partial charge in [0.1, 0.15) is 0 Å². The van der Waals surface area contributed by atoms with Gasteiger partial charge in [0.25, 0.3) is 0 Å². The monoisotopic (exact) mass is 413 g/mol. The first kappa shape index (κ1) is 18.2. The maximum Gasteiger partial charge on any atom is 0.328 e. The van der Waals surface area contributed by atoms with Crippen molar-refractivity contribution in [3.63, 3.8) is 0 Å². The molecule has 2 N–H and O–H groups in total. The number of carbonyl (C=O) groups excluding carboxylic acids is 3. The van der Waals surface area contributed by atoms with Crippen LogP contribution in [0.25, 0.3) is 11.4 Å². The number of aromatic nitrogens is 2. The molecule has 2 aromatic rings. The number of anilines is 1. The first-order valence-electron chi connectivity index (χ1n) is 9.37. The minimum atomic E-state index is -1.51. The number of ether oxygens (including phenoxy) is 1. The minimum absolute atomic E-state index is 0.0779. The quantitative estimate of drug-likeness (QED) is 0.673. The molecule has 2 aromatic heterocycles. The summed E-state index contributed by atoms with van der Waals surface area (Å²) in [6, 6.07) is 2.51. The predicted octanol–water partition coefficient (Wildman–Crippen LogP) is 1.10. The molecule has 0 aromatic carbocycles. The van der Waals surface area contributed by atoms with Crippen molar-refractivity contribution in [2.75, 3.05) is 11.4 Å². The third-order valence-electron chi connectivity index (χ3n) is 5.85. The van der Waals surface area contributed by atoms with Crippen molar-refractivity contribution in [2.45, 2.75) is 38.5 Å². The lowest BCUT2D eigenvalue weighted by Gasteiger charge is -2.55. The van der Waals surface area contributed by atoms with Gasteiger partial charge in [-0.3, -0.25) is 20.2 Å². The van der Waals surface area contributed by atoms with Crippen LogP contribution in [-0.4, -0.2) is 52.6 Å². The number of carbonyl (C=O) groups is 3. The van der Waals surface area contributed by atoms with Crippen molar-refractivity contribution in [1.82, 2.24) is 20.6 Å². The molecule has 9 nitrogen and oxygen atoms in total. The molecular formula is C19H19N5O4S. The van der Waals surface area contributed by atoms with Crippen molar-refractivity contribution in [3.05, 3.63) is 28.7 Å². The molecule has 10 heteroatoms. The maximum atomic E-state index is 13.1. The summed E-state index contributed by atoms with van der Waals surface area (Å²) in [6.45, 7) is 4.32. The zero-order chi connectivity index (χ0) is 20.3. The van der Waals surface area contributed by atoms with E-state index < -0.39 is 35.4 Å². The maximum absolute atomic E-state index is 13.1. The summed E-state index contributed by atoms with van der Waals surface area (Å²) in [7, 11) is 0. The number of nitrogens with one attached hydrogen (secondary N) is 2. The Morgan fingerprint density at radius 2 is 1.93 bits per heavy atom. The number of barbiturate groups is 1. The average molecular weight is 413 g/mol. The summed E-state index contributed by atoms with van der Waals surface area (Å²) >= 11 is 1.47. The van der Waals surface area contributed by atoms with E-state index in [2.05, 4.69) is 15.6 Å². The molecule has 5 rings (SSSR count). The Kier molecular flexibility index (Phi) is 3.97. The predicted molar refractivity (Wildman–Crippen MR) is 104 cm³/mol. The topological polar surface area (TPSA) is 114 Å². The van der Waals surface area contributed by atoms with Crippen LogP contribution in [0, 0.1) is 5.41 Å². The highest BCUT2D eigenvalue weighted by atomic mass is 32.1. The fourth-order valence-corrected chi connectivity index (χ4v) is 5.32. The van der Waals surface area contributed by atoms with Gasteiger partial charge in [0.05, 0.1) is 46.5 Å². The second-order valence-corrected chi connectivity index (χ2v) is 8.39. The average Bonchev–Trinajstić information content (AvgIpc) is 3.20. The van der Waals surface area contributed by atoms with Crippen LogP contribution in [-0.2, 0) is 20.7 Å². The van der Waals surface area contributed by atoms with Gasteiger partial charge in [0, 0.05) is 18.3 Å². The Morgan fingerprint density at radius 3 is 2.62 bits per heavy atom. The number of fused-ring (bicyclic) bond motifs is 4. The SMILES string of the molecule is C[C@@H]1CN2c3ccc(-c4cscn4)nc3CC3(C(=O)NC(=O)NC3=O)[C@H]2[C@H](C)O1. The van der Waals surface area contributed by atoms with Crippen molar-refractivity contribution >= 4 is 34.9 Å². The van der Waals surface area contributed by atoms with Gasteiger partial charge in [-0.2, -0.15) is 0 Å². The fraction of sp³-hybridized carbons (Fsp3) is 0.421. The molecule has 5 heterocycles. The summed E-state index contributed by atoms with van der Waals surface area (Å²) in [5.74, 6) is -1.23. The van der Waals surface area contributed by atoms with E-state index in [1.807, 2.05) is 36.3 Å². The van der Waals surface area contributed by atoms with Gasteiger partial charge in [-0.25, -0.2) is 14.8 Å². The van der Waals surface area contributed by atoms with Gasteiger partial charge in [-0.1, -0.05) is 0 Å². The van der Waals surface area contributed by atoms with Crippen LogP contribution in [0.2, 0.25) is 0 Å². The third kappa shape index (κ3) is 2.59. The number of imide groups is 2. The summed E-state index contributed by atoms with van der Waals surface area (Å²) in [5, 5.41) is 6.45. The number of pyridine rings is 1. The van der Waals surface area contributed by atoms with E-state index in [1.54, 1.807) is 5.51 Å². The number of thiazole rings is 1. The van der Waals surface area contributed by atoms with Crippen LogP contribution in [0.3, 0.4) is 0 Å². The first-order chi connectivity index (χ1) is 13.9. The Hall–Kier alpha value is -2.85. The Bertz CT molecular complexity index is 1000. The smallest absolute Gasteiger partial charge is 0.328 e. The van der Waals surface area contributed by atoms with E-state index in [9.17, 15) is 14.4 Å². The lowest BCUT2D eigenvalue weighted by molar-refractivity contribution is -0.153. The lowest BCUT2D eigenvalue weighted by Crippen LogP contribution is -2.75. The molecule has 2 fully saturated rings. The number of hydrogen-bond acceptors (Lipinski definition) is 8. The Morgan fingerprint density at radius 1 is 1.17 bits per heavy atom. The largest absolute Gasteiger partial charge is 0.372 e. The van der Waals surface area contributed by atoms with Crippen LogP contribution in [0.15, 0.2) is 23.0 Å². The van der Waals surface area contributed by atoms with Crippen LogP contribution in [0.1, 0.15) is 19.5 Å². The molecule has 4 amide bonds. The van der Waals surface area contributed by atoms with Crippen molar-refractivity contribution in [2.24, 2.45) is 5.41 Å². The zero-order valence-electron chi connectivity index (χ0n) is 15.8. The van der Waals surface area contributed by atoms with Gasteiger partial charge >= 0.3 is 6.03 Å². The van der Waals surface area contributed by atoms with E-state index in [1.165, 1.54) is 11.3 Å². The van der Waals surface area contributed by atoms with E-state index in [0.717, 1.165) is 11.4 Å². The standard InChI is InChI=1S/C19H19N5O4S/c1-9-6-24-14-4-3-11(13-7-29-8-20-13)21-12(14)5-19(15(24)10(2)28-9)16(25)22-18(27)23-17(19)26/h3-4,7-10,15H,5-6H2,1-2H3,(H2,22,23,25,26,27)/t9-,10+,15-/m1/s1. The Balaban J connectivity index is 1.69. The van der Waals surface area contributed by atoms with E-state index in [4.69, 9.17) is 9.72 Å². The normalized spacial score (nSPS) is 27.9. The summed E-state index contributed by atoms with van der Waals surface area (Å²) in [4.78, 5) is 49.0. The van der Waals surface area contributed by atoms with E-state index in [0.29, 0.717) is 17.9 Å². The molecule has 0 aliphatic carbocycles. The highest BCUT2D eigenvalue weighted by Gasteiger charge is 2.63. The number of amides is 4.